The molecule has 0 amide bonds. The molecule has 0 aromatic heterocycles. The summed E-state index contributed by atoms with van der Waals surface area (Å²) in [6.07, 6.45) is -0.0754. The van der Waals surface area contributed by atoms with Gasteiger partial charge in [-0.25, -0.2) is 0 Å². The van der Waals surface area contributed by atoms with Gasteiger partial charge < -0.3 is 0 Å². The molecule has 0 saturated carbocycles. The fourth-order valence-corrected chi connectivity index (χ4v) is 1.60. The summed E-state index contributed by atoms with van der Waals surface area (Å²) in [6.45, 7) is 0. The Morgan fingerprint density at radius 1 is 0.667 bits per heavy atom. The van der Waals surface area contributed by atoms with Crippen LogP contribution in [0.4, 0.5) is 0 Å². The van der Waals surface area contributed by atoms with Gasteiger partial charge in [-0.3, -0.25) is 9.59 Å². The van der Waals surface area contributed by atoms with Crippen LogP contribution in [-0.4, -0.2) is 11.6 Å². The molecule has 0 radical (unpaired) electrons. The van der Waals surface area contributed by atoms with E-state index in [0.29, 0.717) is 11.1 Å². The minimum absolute atomic E-state index is 0. The van der Waals surface area contributed by atoms with E-state index in [2.05, 4.69) is 0 Å². The van der Waals surface area contributed by atoms with E-state index < -0.39 is 0 Å². The molecule has 3 heteroatoms. The second-order valence-electron chi connectivity index (χ2n) is 3.76. The number of carbonyl (C=O) groups excluding carboxylic acids is 2. The zero-order valence-electron chi connectivity index (χ0n) is 10.0. The summed E-state index contributed by atoms with van der Waals surface area (Å²) in [6, 6.07) is 17.7. The van der Waals surface area contributed by atoms with Crippen molar-refractivity contribution in [1.82, 2.24) is 0 Å². The molecule has 18 heavy (non-hydrogen) atoms. The average Bonchev–Trinajstić information content (AvgIpc) is 2.40. The summed E-state index contributed by atoms with van der Waals surface area (Å²) >= 11 is 0. The molecular formula is C15H12O2Zn. The SMILES string of the molecule is O=C(CC(=O)c1ccccc1)c1ccccc1.[Zn]. The van der Waals surface area contributed by atoms with Gasteiger partial charge in [-0.05, 0) is 0 Å². The summed E-state index contributed by atoms with van der Waals surface area (Å²) < 4.78 is 0. The molecule has 0 aliphatic rings. The first-order valence-electron chi connectivity index (χ1n) is 5.44. The Hall–Kier alpha value is -1.60. The van der Waals surface area contributed by atoms with Crippen LogP contribution in [0.1, 0.15) is 27.1 Å². The van der Waals surface area contributed by atoms with Crippen molar-refractivity contribution in [3.8, 4) is 0 Å². The topological polar surface area (TPSA) is 34.1 Å². The van der Waals surface area contributed by atoms with E-state index in [-0.39, 0.29) is 37.5 Å². The minimum Gasteiger partial charge on any atom is -0.294 e. The van der Waals surface area contributed by atoms with Gasteiger partial charge in [0.15, 0.2) is 11.6 Å². The zero-order chi connectivity index (χ0) is 12.1. The maximum absolute atomic E-state index is 11.8. The van der Waals surface area contributed by atoms with Crippen LogP contribution < -0.4 is 0 Å². The molecular weight excluding hydrogens is 278 g/mol. The van der Waals surface area contributed by atoms with Crippen molar-refractivity contribution < 1.29 is 29.1 Å². The molecule has 2 aromatic rings. The number of hydrogen-bond donors (Lipinski definition) is 0. The zero-order valence-corrected chi connectivity index (χ0v) is 13.0. The van der Waals surface area contributed by atoms with Crippen molar-refractivity contribution in [3.63, 3.8) is 0 Å². The van der Waals surface area contributed by atoms with E-state index >= 15 is 0 Å². The summed E-state index contributed by atoms with van der Waals surface area (Å²) in [5.41, 5.74) is 1.16. The molecule has 0 aliphatic heterocycles. The van der Waals surface area contributed by atoms with Gasteiger partial charge in [0, 0.05) is 30.6 Å². The normalized spacial score (nSPS) is 9.33. The van der Waals surface area contributed by atoms with Crippen LogP contribution in [0.2, 0.25) is 0 Å². The van der Waals surface area contributed by atoms with Crippen molar-refractivity contribution in [2.75, 3.05) is 0 Å². The first-order valence-corrected chi connectivity index (χ1v) is 5.44. The van der Waals surface area contributed by atoms with E-state index in [4.69, 9.17) is 0 Å². The van der Waals surface area contributed by atoms with Crippen LogP contribution in [0.3, 0.4) is 0 Å². The number of rotatable bonds is 4. The van der Waals surface area contributed by atoms with Crippen LogP contribution >= 0.6 is 0 Å². The Kier molecular flexibility index (Phi) is 5.61. The summed E-state index contributed by atoms with van der Waals surface area (Å²) in [5.74, 6) is -0.279. The van der Waals surface area contributed by atoms with Crippen molar-refractivity contribution in [1.29, 1.82) is 0 Å². The van der Waals surface area contributed by atoms with E-state index in [1.54, 1.807) is 48.5 Å². The number of Topliss-reactive ketones (excluding diaryl/α,β-unsaturated/α-hetero) is 2. The van der Waals surface area contributed by atoms with Crippen LogP contribution in [0.5, 0.6) is 0 Å². The fourth-order valence-electron chi connectivity index (χ4n) is 1.60. The second kappa shape index (κ2) is 6.98. The molecule has 86 valence electrons. The number of ketones is 2. The molecule has 2 nitrogen and oxygen atoms in total. The molecule has 0 fully saturated rings. The number of benzene rings is 2. The van der Waals surface area contributed by atoms with E-state index in [1.807, 2.05) is 12.1 Å². The van der Waals surface area contributed by atoms with E-state index in [1.165, 1.54) is 0 Å². The number of hydrogen-bond acceptors (Lipinski definition) is 2. The fraction of sp³-hybridized carbons (Fsp3) is 0.0667. The van der Waals surface area contributed by atoms with Crippen LogP contribution in [0.15, 0.2) is 60.7 Å². The molecule has 0 saturated heterocycles. The van der Waals surface area contributed by atoms with Gasteiger partial charge in [0.2, 0.25) is 0 Å². The van der Waals surface area contributed by atoms with Gasteiger partial charge in [-0.1, -0.05) is 60.7 Å². The summed E-state index contributed by atoms with van der Waals surface area (Å²) in [5, 5.41) is 0. The Bertz CT molecular complexity index is 471. The molecule has 0 spiro atoms. The van der Waals surface area contributed by atoms with Gasteiger partial charge in [0.05, 0.1) is 6.42 Å². The maximum atomic E-state index is 11.8. The van der Waals surface area contributed by atoms with Gasteiger partial charge in [-0.2, -0.15) is 0 Å². The van der Waals surface area contributed by atoms with Gasteiger partial charge >= 0.3 is 0 Å². The third-order valence-electron chi connectivity index (χ3n) is 2.51. The molecule has 0 aliphatic carbocycles. The van der Waals surface area contributed by atoms with Crippen molar-refractivity contribution in [3.05, 3.63) is 71.8 Å². The first-order chi connectivity index (χ1) is 8.27. The summed E-state index contributed by atoms with van der Waals surface area (Å²) in [4.78, 5) is 23.6. The minimum atomic E-state index is -0.139. The summed E-state index contributed by atoms with van der Waals surface area (Å²) in [7, 11) is 0. The molecule has 2 rings (SSSR count). The quantitative estimate of drug-likeness (QED) is 0.492. The van der Waals surface area contributed by atoms with E-state index in [0.717, 1.165) is 0 Å². The monoisotopic (exact) mass is 288 g/mol. The van der Waals surface area contributed by atoms with Gasteiger partial charge in [0.1, 0.15) is 0 Å². The number of carbonyl (C=O) groups is 2. The second-order valence-corrected chi connectivity index (χ2v) is 3.76. The van der Waals surface area contributed by atoms with Crippen LogP contribution in [-0.2, 0) is 19.5 Å². The molecule has 0 unspecified atom stereocenters. The van der Waals surface area contributed by atoms with Gasteiger partial charge in [-0.15, -0.1) is 0 Å². The Balaban J connectivity index is 0.00000162. The smallest absolute Gasteiger partial charge is 0.170 e. The van der Waals surface area contributed by atoms with Crippen molar-refractivity contribution in [2.45, 2.75) is 6.42 Å². The predicted octanol–water partition coefficient (Wildman–Crippen LogP) is 3.14. The van der Waals surface area contributed by atoms with Crippen molar-refractivity contribution >= 4 is 11.6 Å². The van der Waals surface area contributed by atoms with Gasteiger partial charge in [0.25, 0.3) is 0 Å². The van der Waals surface area contributed by atoms with Crippen LogP contribution in [0.25, 0.3) is 0 Å². The van der Waals surface area contributed by atoms with Crippen molar-refractivity contribution in [2.24, 2.45) is 0 Å². The first kappa shape index (κ1) is 14.5. The molecule has 2 aromatic carbocycles. The molecule has 0 bridgehead atoms. The van der Waals surface area contributed by atoms with E-state index in [9.17, 15) is 9.59 Å². The maximum Gasteiger partial charge on any atom is 0.170 e. The third-order valence-corrected chi connectivity index (χ3v) is 2.51. The largest absolute Gasteiger partial charge is 0.294 e. The Morgan fingerprint density at radius 2 is 1.00 bits per heavy atom. The van der Waals surface area contributed by atoms with Crippen LogP contribution in [0, 0.1) is 0 Å². The Morgan fingerprint density at radius 3 is 1.33 bits per heavy atom. The molecule has 0 N–H and O–H groups in total. The average molecular weight is 290 g/mol. The standard InChI is InChI=1S/C15H12O2.Zn/c16-14(12-7-3-1-4-8-12)11-15(17)13-9-5-2-6-10-13;/h1-10H,11H2;. The third kappa shape index (κ3) is 3.71. The molecule has 0 atom stereocenters. The Labute approximate surface area is 119 Å². The molecule has 0 heterocycles. The predicted molar refractivity (Wildman–Crippen MR) is 66.2 cm³/mol.